The van der Waals surface area contributed by atoms with Crippen LogP contribution in [0.15, 0.2) is 63.9 Å². The number of imide groups is 1. The van der Waals surface area contributed by atoms with E-state index in [0.717, 1.165) is 4.90 Å². The molecule has 33 heavy (non-hydrogen) atoms. The molecule has 0 atom stereocenters. The van der Waals surface area contributed by atoms with E-state index in [9.17, 15) is 24.5 Å². The molecule has 0 unspecified atom stereocenters. The number of amides is 2. The van der Waals surface area contributed by atoms with Gasteiger partial charge in [0.25, 0.3) is 16.8 Å². The normalized spacial score (nSPS) is 14.8. The van der Waals surface area contributed by atoms with E-state index in [2.05, 4.69) is 0 Å². The number of halogens is 1. The monoisotopic (exact) mass is 482 g/mol. The lowest BCUT2D eigenvalue weighted by Gasteiger charge is -2.11. The van der Waals surface area contributed by atoms with Gasteiger partial charge < -0.3 is 4.42 Å². The van der Waals surface area contributed by atoms with Crippen LogP contribution in [0, 0.1) is 17.0 Å². The van der Waals surface area contributed by atoms with E-state index in [1.54, 1.807) is 43.3 Å². The van der Waals surface area contributed by atoms with Crippen molar-refractivity contribution < 1.29 is 23.7 Å². The third-order valence-corrected chi connectivity index (χ3v) is 6.09. The fourth-order valence-electron chi connectivity index (χ4n) is 3.18. The Balaban J connectivity index is 1.52. The van der Waals surface area contributed by atoms with Gasteiger partial charge in [0.05, 0.1) is 16.4 Å². The van der Waals surface area contributed by atoms with Crippen LogP contribution in [0.25, 0.3) is 17.4 Å². The molecule has 2 heterocycles. The van der Waals surface area contributed by atoms with Crippen molar-refractivity contribution in [3.8, 4) is 11.3 Å². The lowest BCUT2D eigenvalue weighted by molar-refractivity contribution is -0.385. The number of thioether (sulfide) groups is 1. The quantitative estimate of drug-likeness (QED) is 0.191. The van der Waals surface area contributed by atoms with E-state index >= 15 is 0 Å². The third-order valence-electron chi connectivity index (χ3n) is 4.93. The first-order valence-electron chi connectivity index (χ1n) is 9.62. The Labute approximate surface area is 197 Å². The molecule has 1 aromatic heterocycles. The van der Waals surface area contributed by atoms with E-state index in [0.29, 0.717) is 45.0 Å². The minimum atomic E-state index is -0.601. The van der Waals surface area contributed by atoms with Gasteiger partial charge in [-0.15, -0.1) is 0 Å². The number of nitro benzene ring substituents is 1. The Morgan fingerprint density at radius 2 is 1.88 bits per heavy atom. The van der Waals surface area contributed by atoms with Crippen LogP contribution in [0.3, 0.4) is 0 Å². The number of hydrogen-bond acceptors (Lipinski definition) is 7. The lowest BCUT2D eigenvalue weighted by atomic mass is 10.1. The first-order chi connectivity index (χ1) is 15.7. The summed E-state index contributed by atoms with van der Waals surface area (Å²) in [6.07, 6.45) is 1.41. The molecule has 0 saturated carbocycles. The molecule has 10 heteroatoms. The molecule has 0 bridgehead atoms. The van der Waals surface area contributed by atoms with Gasteiger partial charge in [-0.3, -0.25) is 29.4 Å². The zero-order chi connectivity index (χ0) is 23.7. The van der Waals surface area contributed by atoms with Crippen molar-refractivity contribution in [3.63, 3.8) is 0 Å². The maximum atomic E-state index is 12.7. The number of ketones is 1. The van der Waals surface area contributed by atoms with E-state index in [1.807, 2.05) is 0 Å². The van der Waals surface area contributed by atoms with Crippen molar-refractivity contribution in [2.24, 2.45) is 0 Å². The highest BCUT2D eigenvalue weighted by Crippen LogP contribution is 2.34. The van der Waals surface area contributed by atoms with Gasteiger partial charge in [-0.2, -0.15) is 0 Å². The van der Waals surface area contributed by atoms with Gasteiger partial charge in [0, 0.05) is 33.9 Å². The number of benzene rings is 2. The van der Waals surface area contributed by atoms with Gasteiger partial charge in [0.15, 0.2) is 5.78 Å². The predicted octanol–water partition coefficient (Wildman–Crippen LogP) is 5.74. The van der Waals surface area contributed by atoms with E-state index in [4.69, 9.17) is 16.0 Å². The molecular formula is C23H15ClN2O6S. The van der Waals surface area contributed by atoms with Crippen LogP contribution >= 0.6 is 23.4 Å². The first-order valence-corrected chi connectivity index (χ1v) is 10.8. The number of aryl methyl sites for hydroxylation is 1. The molecular weight excluding hydrogens is 468 g/mol. The van der Waals surface area contributed by atoms with Crippen LogP contribution < -0.4 is 0 Å². The van der Waals surface area contributed by atoms with Gasteiger partial charge in [0.1, 0.15) is 11.5 Å². The first kappa shape index (κ1) is 22.5. The zero-order valence-corrected chi connectivity index (χ0v) is 18.7. The number of hydrogen-bond donors (Lipinski definition) is 0. The second kappa shape index (κ2) is 9.05. The van der Waals surface area contributed by atoms with Crippen molar-refractivity contribution in [3.05, 3.63) is 91.5 Å². The number of furan rings is 1. The molecule has 0 aliphatic carbocycles. The van der Waals surface area contributed by atoms with Crippen molar-refractivity contribution in [1.29, 1.82) is 0 Å². The van der Waals surface area contributed by atoms with Crippen LogP contribution in [0.1, 0.15) is 21.7 Å². The van der Waals surface area contributed by atoms with Crippen LogP contribution in [-0.4, -0.2) is 33.3 Å². The molecule has 2 aromatic carbocycles. The largest absolute Gasteiger partial charge is 0.457 e. The summed E-state index contributed by atoms with van der Waals surface area (Å²) >= 11 is 6.52. The Morgan fingerprint density at radius 3 is 2.58 bits per heavy atom. The van der Waals surface area contributed by atoms with Crippen LogP contribution in [0.5, 0.6) is 0 Å². The Kier molecular flexibility index (Phi) is 6.17. The fourth-order valence-corrected chi connectivity index (χ4v) is 4.13. The summed E-state index contributed by atoms with van der Waals surface area (Å²) in [5.74, 6) is -0.322. The molecule has 0 radical (unpaired) electrons. The summed E-state index contributed by atoms with van der Waals surface area (Å²) in [6.45, 7) is 1.25. The van der Waals surface area contributed by atoms with Crippen LogP contribution in [-0.2, 0) is 4.79 Å². The van der Waals surface area contributed by atoms with Crippen molar-refractivity contribution in [2.45, 2.75) is 6.92 Å². The van der Waals surface area contributed by atoms with Gasteiger partial charge in [-0.1, -0.05) is 23.7 Å². The van der Waals surface area contributed by atoms with E-state index in [1.165, 1.54) is 24.3 Å². The molecule has 4 rings (SSSR count). The molecule has 8 nitrogen and oxygen atoms in total. The summed E-state index contributed by atoms with van der Waals surface area (Å²) in [7, 11) is 0. The molecule has 0 N–H and O–H groups in total. The Morgan fingerprint density at radius 1 is 1.15 bits per heavy atom. The predicted molar refractivity (Wildman–Crippen MR) is 124 cm³/mol. The molecule has 3 aromatic rings. The van der Waals surface area contributed by atoms with Crippen LogP contribution in [0.2, 0.25) is 5.02 Å². The minimum Gasteiger partial charge on any atom is -0.457 e. The van der Waals surface area contributed by atoms with Gasteiger partial charge in [-0.25, -0.2) is 0 Å². The third kappa shape index (κ3) is 4.74. The molecule has 0 spiro atoms. The van der Waals surface area contributed by atoms with Crippen LogP contribution in [0.4, 0.5) is 10.5 Å². The van der Waals surface area contributed by atoms with E-state index < -0.39 is 21.9 Å². The molecule has 1 aliphatic rings. The highest BCUT2D eigenvalue weighted by atomic mass is 35.5. The van der Waals surface area contributed by atoms with Crippen molar-refractivity contribution in [2.75, 3.05) is 6.54 Å². The lowest BCUT2D eigenvalue weighted by Crippen LogP contribution is -2.33. The van der Waals surface area contributed by atoms with Crippen molar-refractivity contribution >= 4 is 52.1 Å². The second-order valence-corrected chi connectivity index (χ2v) is 8.59. The summed E-state index contributed by atoms with van der Waals surface area (Å²) in [5.41, 5.74) is 1.34. The number of nitro groups is 1. The molecule has 166 valence electrons. The Bertz CT molecular complexity index is 1330. The average Bonchev–Trinajstić information content (AvgIpc) is 3.34. The average molecular weight is 483 g/mol. The van der Waals surface area contributed by atoms with Gasteiger partial charge in [-0.05, 0) is 55.1 Å². The highest BCUT2D eigenvalue weighted by molar-refractivity contribution is 8.18. The number of Topliss-reactive ketones (excluding diaryl/α,β-unsaturated/α-hetero) is 1. The maximum Gasteiger partial charge on any atom is 0.293 e. The molecule has 1 saturated heterocycles. The minimum absolute atomic E-state index is 0.0306. The number of carbonyl (C=O) groups excluding carboxylic acids is 3. The summed E-state index contributed by atoms with van der Waals surface area (Å²) in [5, 5.41) is 11.1. The van der Waals surface area contributed by atoms with Gasteiger partial charge in [0.2, 0.25) is 0 Å². The SMILES string of the molecule is Cc1ccc(-c2ccc(/C=C3/SC(=O)N(CC(=O)c4ccc(Cl)cc4)C3=O)o2)cc1[N+](=O)[O-]. The smallest absolute Gasteiger partial charge is 0.293 e. The van der Waals surface area contributed by atoms with Crippen molar-refractivity contribution in [1.82, 2.24) is 4.90 Å². The highest BCUT2D eigenvalue weighted by Gasteiger charge is 2.36. The number of rotatable bonds is 6. The second-order valence-electron chi connectivity index (χ2n) is 7.16. The molecule has 1 fully saturated rings. The number of nitrogens with zero attached hydrogens (tertiary/aromatic N) is 2. The molecule has 1 aliphatic heterocycles. The fraction of sp³-hybridized carbons (Fsp3) is 0.0870. The topological polar surface area (TPSA) is 111 Å². The number of carbonyl (C=O) groups is 3. The Hall–Kier alpha value is -3.69. The summed E-state index contributed by atoms with van der Waals surface area (Å²) in [6, 6.07) is 14.1. The van der Waals surface area contributed by atoms with Gasteiger partial charge >= 0.3 is 0 Å². The zero-order valence-electron chi connectivity index (χ0n) is 17.1. The maximum absolute atomic E-state index is 12.7. The summed E-state index contributed by atoms with van der Waals surface area (Å²) in [4.78, 5) is 49.2. The van der Waals surface area contributed by atoms with E-state index in [-0.39, 0.29) is 17.1 Å². The molecule has 2 amide bonds. The summed E-state index contributed by atoms with van der Waals surface area (Å²) < 4.78 is 5.71. The standard InChI is InChI=1S/C23H15ClN2O6S/c1-13-2-3-15(10-18(13)26(30)31)20-9-8-17(32-20)11-21-22(28)25(23(29)33-21)12-19(27)14-4-6-16(24)7-5-14/h2-11H,12H2,1H3/b21-11+.